The first-order valence-electron chi connectivity index (χ1n) is 5.21. The first-order valence-corrected chi connectivity index (χ1v) is 7.61. The molecule has 96 valence electrons. The summed E-state index contributed by atoms with van der Waals surface area (Å²) in [4.78, 5) is 12.0. The Bertz CT molecular complexity index is 644. The van der Waals surface area contributed by atoms with Crippen LogP contribution in [-0.2, 0) is 0 Å². The highest BCUT2D eigenvalue weighted by molar-refractivity contribution is 9.12. The topological polar surface area (TPSA) is 50.1 Å². The van der Waals surface area contributed by atoms with Gasteiger partial charge in [-0.15, -0.1) is 11.3 Å². The van der Waals surface area contributed by atoms with Gasteiger partial charge in [-0.1, -0.05) is 0 Å². The highest BCUT2D eigenvalue weighted by Crippen LogP contribution is 2.32. The van der Waals surface area contributed by atoms with Gasteiger partial charge < -0.3 is 4.74 Å². The van der Waals surface area contributed by atoms with Gasteiger partial charge in [-0.25, -0.2) is 0 Å². The summed E-state index contributed by atoms with van der Waals surface area (Å²) < 4.78 is 7.07. The van der Waals surface area contributed by atoms with E-state index in [1.165, 1.54) is 11.3 Å². The van der Waals surface area contributed by atoms with Crippen molar-refractivity contribution in [3.05, 3.63) is 49.0 Å². The van der Waals surface area contributed by atoms with Crippen LogP contribution in [0.15, 0.2) is 37.9 Å². The van der Waals surface area contributed by atoms with Crippen LogP contribution in [0.1, 0.15) is 15.9 Å². The van der Waals surface area contributed by atoms with E-state index in [1.807, 2.05) is 6.07 Å². The van der Waals surface area contributed by atoms with Crippen LogP contribution in [0.3, 0.4) is 0 Å². The van der Waals surface area contributed by atoms with Crippen LogP contribution in [0.5, 0.6) is 5.75 Å². The first-order chi connectivity index (χ1) is 9.10. The van der Waals surface area contributed by atoms with Crippen LogP contribution in [0.2, 0.25) is 0 Å². The van der Waals surface area contributed by atoms with Crippen molar-refractivity contribution in [3.8, 4) is 11.8 Å². The smallest absolute Gasteiger partial charge is 0.202 e. The number of ether oxygens (including phenoxy) is 1. The molecule has 0 bridgehead atoms. The molecule has 0 radical (unpaired) electrons. The molecular formula is C13H7Br2NO2S. The Hall–Kier alpha value is -1.16. The predicted molar refractivity (Wildman–Crippen MR) is 80.7 cm³/mol. The second-order valence-corrected chi connectivity index (χ2v) is 7.34. The first kappa shape index (κ1) is 14.3. The minimum Gasteiger partial charge on any atom is -0.485 e. The number of halogens is 2. The monoisotopic (exact) mass is 399 g/mol. The lowest BCUT2D eigenvalue weighted by Crippen LogP contribution is -2.11. The van der Waals surface area contributed by atoms with Crippen LogP contribution in [0, 0.1) is 11.3 Å². The number of ketones is 1. The third-order valence-corrected chi connectivity index (χ3v) is 4.65. The van der Waals surface area contributed by atoms with E-state index in [4.69, 9.17) is 10.00 Å². The Morgan fingerprint density at radius 2 is 2.00 bits per heavy atom. The summed E-state index contributed by atoms with van der Waals surface area (Å²) in [6.07, 6.45) is 0. The number of rotatable bonds is 4. The largest absolute Gasteiger partial charge is 0.485 e. The van der Waals surface area contributed by atoms with Gasteiger partial charge in [-0.05, 0) is 62.2 Å². The molecule has 6 heteroatoms. The molecule has 2 rings (SSSR count). The summed E-state index contributed by atoms with van der Waals surface area (Å²) in [7, 11) is 0. The second kappa shape index (κ2) is 6.33. The number of carbonyl (C=O) groups excluding carboxylic acids is 1. The molecule has 0 spiro atoms. The summed E-state index contributed by atoms with van der Waals surface area (Å²) in [5, 5.41) is 8.67. The fourth-order valence-corrected chi connectivity index (χ4v) is 4.24. The van der Waals surface area contributed by atoms with Gasteiger partial charge in [0, 0.05) is 5.56 Å². The maximum Gasteiger partial charge on any atom is 0.202 e. The van der Waals surface area contributed by atoms with Crippen molar-refractivity contribution < 1.29 is 9.53 Å². The van der Waals surface area contributed by atoms with E-state index in [0.717, 1.165) is 7.57 Å². The van der Waals surface area contributed by atoms with Gasteiger partial charge >= 0.3 is 0 Å². The maximum absolute atomic E-state index is 12.0. The van der Waals surface area contributed by atoms with E-state index < -0.39 is 0 Å². The van der Waals surface area contributed by atoms with Crippen LogP contribution < -0.4 is 4.74 Å². The highest BCUT2D eigenvalue weighted by atomic mass is 79.9. The second-order valence-electron chi connectivity index (χ2n) is 3.59. The number of Topliss-reactive ketones (excluding diaryl/α,β-unsaturated/α-hetero) is 1. The predicted octanol–water partition coefficient (Wildman–Crippen LogP) is 4.41. The lowest BCUT2D eigenvalue weighted by Gasteiger charge is -2.04. The van der Waals surface area contributed by atoms with Crippen molar-refractivity contribution in [1.82, 2.24) is 0 Å². The number of hydrogen-bond donors (Lipinski definition) is 0. The molecule has 1 heterocycles. The Balaban J connectivity index is 2.00. The van der Waals surface area contributed by atoms with Crippen LogP contribution >= 0.6 is 43.2 Å². The van der Waals surface area contributed by atoms with Crippen molar-refractivity contribution in [3.63, 3.8) is 0 Å². The number of carbonyl (C=O) groups is 1. The van der Waals surface area contributed by atoms with Gasteiger partial charge in [0.05, 0.1) is 19.2 Å². The average Bonchev–Trinajstić information content (AvgIpc) is 2.75. The zero-order valence-electron chi connectivity index (χ0n) is 9.52. The molecule has 2 aromatic rings. The van der Waals surface area contributed by atoms with Crippen molar-refractivity contribution in [1.29, 1.82) is 5.26 Å². The van der Waals surface area contributed by atoms with E-state index in [-0.39, 0.29) is 12.4 Å². The maximum atomic E-state index is 12.0. The summed E-state index contributed by atoms with van der Waals surface area (Å²) >= 11 is 8.11. The molecular weight excluding hydrogens is 394 g/mol. The lowest BCUT2D eigenvalue weighted by atomic mass is 10.2. The number of benzene rings is 1. The fraction of sp³-hybridized carbons (Fsp3) is 0.0769. The van der Waals surface area contributed by atoms with Crippen molar-refractivity contribution >= 4 is 49.0 Å². The van der Waals surface area contributed by atoms with Gasteiger partial charge in [0.2, 0.25) is 5.78 Å². The van der Waals surface area contributed by atoms with Gasteiger partial charge in [-0.3, -0.25) is 4.79 Å². The molecule has 0 unspecified atom stereocenters. The van der Waals surface area contributed by atoms with Gasteiger partial charge in [0.15, 0.2) is 6.61 Å². The van der Waals surface area contributed by atoms with Crippen LogP contribution in [0.4, 0.5) is 0 Å². The average molecular weight is 401 g/mol. The van der Waals surface area contributed by atoms with Gasteiger partial charge in [0.25, 0.3) is 0 Å². The zero-order valence-corrected chi connectivity index (χ0v) is 13.5. The summed E-state index contributed by atoms with van der Waals surface area (Å²) in [6, 6.07) is 10.4. The molecule has 0 aliphatic carbocycles. The van der Waals surface area contributed by atoms with Gasteiger partial charge in [-0.2, -0.15) is 5.26 Å². The summed E-state index contributed by atoms with van der Waals surface area (Å²) in [5.74, 6) is 0.468. The van der Waals surface area contributed by atoms with Crippen LogP contribution in [-0.4, -0.2) is 12.4 Å². The molecule has 0 N–H and O–H groups in total. The molecule has 3 nitrogen and oxygen atoms in total. The lowest BCUT2D eigenvalue weighted by molar-refractivity contribution is 0.0921. The number of nitrogens with zero attached hydrogens (tertiary/aromatic N) is 1. The van der Waals surface area contributed by atoms with Crippen LogP contribution in [0.25, 0.3) is 0 Å². The molecule has 19 heavy (non-hydrogen) atoms. The standard InChI is InChI=1S/C13H7Br2NO2S/c14-12-5-10(13(15)19-12)11(17)7-18-9-3-1-8(6-16)2-4-9/h1-5H,7H2. The molecule has 0 aliphatic rings. The highest BCUT2D eigenvalue weighted by Gasteiger charge is 2.14. The normalized spacial score (nSPS) is 9.95. The van der Waals surface area contributed by atoms with E-state index >= 15 is 0 Å². The van der Waals surface area contributed by atoms with Crippen molar-refractivity contribution in [2.24, 2.45) is 0 Å². The molecule has 0 atom stereocenters. The van der Waals surface area contributed by atoms with E-state index in [1.54, 1.807) is 30.3 Å². The third kappa shape index (κ3) is 3.66. The van der Waals surface area contributed by atoms with Gasteiger partial charge in [0.1, 0.15) is 5.75 Å². The van der Waals surface area contributed by atoms with Crippen molar-refractivity contribution in [2.75, 3.05) is 6.61 Å². The Labute approximate surface area is 131 Å². The molecule has 0 saturated carbocycles. The molecule has 1 aromatic heterocycles. The van der Waals surface area contributed by atoms with Crippen molar-refractivity contribution in [2.45, 2.75) is 0 Å². The third-order valence-electron chi connectivity index (χ3n) is 2.31. The molecule has 0 amide bonds. The minimum absolute atomic E-state index is 0.0341. The van der Waals surface area contributed by atoms with E-state index in [9.17, 15) is 4.79 Å². The van der Waals surface area contributed by atoms with E-state index in [0.29, 0.717) is 16.9 Å². The Kier molecular flexibility index (Phi) is 4.75. The molecule has 0 aliphatic heterocycles. The molecule has 1 aromatic carbocycles. The minimum atomic E-state index is -0.0989. The number of thiophene rings is 1. The summed E-state index contributed by atoms with van der Waals surface area (Å²) in [6.45, 7) is -0.0341. The number of hydrogen-bond acceptors (Lipinski definition) is 4. The zero-order chi connectivity index (χ0) is 13.8. The SMILES string of the molecule is N#Cc1ccc(OCC(=O)c2cc(Br)sc2Br)cc1. The number of nitriles is 1. The van der Waals surface area contributed by atoms with E-state index in [2.05, 4.69) is 31.9 Å². The molecule has 0 fully saturated rings. The Morgan fingerprint density at radius 3 is 2.53 bits per heavy atom. The summed E-state index contributed by atoms with van der Waals surface area (Å²) in [5.41, 5.74) is 1.16. The quantitative estimate of drug-likeness (QED) is 0.714. The fourth-order valence-electron chi connectivity index (χ4n) is 1.38. The molecule has 0 saturated heterocycles. The Morgan fingerprint density at radius 1 is 1.32 bits per heavy atom.